The third-order valence-electron chi connectivity index (χ3n) is 5.43. The number of hydrogen-bond acceptors (Lipinski definition) is 2. The molecule has 1 heterocycles. The molecule has 25 heavy (non-hydrogen) atoms. The minimum absolute atomic E-state index is 0. The first kappa shape index (κ1) is 20.5. The predicted octanol–water partition coefficient (Wildman–Crippen LogP) is 4.04. The van der Waals surface area contributed by atoms with E-state index in [0.717, 1.165) is 24.3 Å². The number of likely N-dealkylation sites (tertiary alicyclic amines) is 1. The zero-order valence-electron chi connectivity index (χ0n) is 15.5. The summed E-state index contributed by atoms with van der Waals surface area (Å²) >= 11 is 0. The number of rotatable bonds is 5. The van der Waals surface area contributed by atoms with E-state index in [2.05, 4.69) is 41.4 Å². The van der Waals surface area contributed by atoms with E-state index < -0.39 is 0 Å². The highest BCUT2D eigenvalue weighted by Gasteiger charge is 2.35. The predicted molar refractivity (Wildman–Crippen MR) is 114 cm³/mol. The van der Waals surface area contributed by atoms with Crippen molar-refractivity contribution in [2.24, 2.45) is 16.8 Å². The summed E-state index contributed by atoms with van der Waals surface area (Å²) < 4.78 is 5.31. The Morgan fingerprint density at radius 1 is 1.16 bits per heavy atom. The third-order valence-corrected chi connectivity index (χ3v) is 5.43. The highest BCUT2D eigenvalue weighted by molar-refractivity contribution is 14.0. The lowest BCUT2D eigenvalue weighted by Crippen LogP contribution is -2.40. The maximum Gasteiger partial charge on any atom is 0.194 e. The van der Waals surface area contributed by atoms with Crippen molar-refractivity contribution >= 4 is 29.9 Å². The van der Waals surface area contributed by atoms with Crippen LogP contribution in [0.25, 0.3) is 0 Å². The number of fused-ring (bicyclic) bond motifs is 1. The monoisotopic (exact) mass is 457 g/mol. The molecule has 1 aliphatic carbocycles. The molecular formula is C20H32IN3O. The van der Waals surface area contributed by atoms with Crippen LogP contribution in [0.2, 0.25) is 0 Å². The summed E-state index contributed by atoms with van der Waals surface area (Å²) in [6, 6.07) is 8.44. The molecule has 1 aromatic carbocycles. The standard InChI is InChI=1S/C20H31N3O.HI/c1-3-21-20(23-13-17-9-5-6-10-18(17)14-23)22-12-16-8-4-7-11-19(16)15-24-2;/h4,7-8,11,17-18H,3,5-6,9-10,12-15H2,1-2H3,(H,21,22);1H. The first-order chi connectivity index (χ1) is 11.8. The van der Waals surface area contributed by atoms with Crippen molar-refractivity contribution in [2.45, 2.75) is 45.8 Å². The van der Waals surface area contributed by atoms with Gasteiger partial charge in [0.05, 0.1) is 13.2 Å². The summed E-state index contributed by atoms with van der Waals surface area (Å²) in [5, 5.41) is 3.50. The van der Waals surface area contributed by atoms with Gasteiger partial charge in [-0.15, -0.1) is 24.0 Å². The summed E-state index contributed by atoms with van der Waals surface area (Å²) in [4.78, 5) is 7.43. The van der Waals surface area contributed by atoms with Gasteiger partial charge in [-0.05, 0) is 42.7 Å². The van der Waals surface area contributed by atoms with Crippen LogP contribution in [0.3, 0.4) is 0 Å². The second-order valence-electron chi connectivity index (χ2n) is 7.08. The molecule has 0 aromatic heterocycles. The molecular weight excluding hydrogens is 425 g/mol. The number of guanidine groups is 1. The molecule has 2 unspecified atom stereocenters. The largest absolute Gasteiger partial charge is 0.380 e. The van der Waals surface area contributed by atoms with Crippen LogP contribution in [0.4, 0.5) is 0 Å². The van der Waals surface area contributed by atoms with Gasteiger partial charge in [0, 0.05) is 26.7 Å². The zero-order chi connectivity index (χ0) is 16.8. The van der Waals surface area contributed by atoms with Gasteiger partial charge in [0.1, 0.15) is 0 Å². The average molecular weight is 457 g/mol. The molecule has 1 aliphatic heterocycles. The number of methoxy groups -OCH3 is 1. The maximum atomic E-state index is 5.31. The van der Waals surface area contributed by atoms with Crippen molar-refractivity contribution in [1.82, 2.24) is 10.2 Å². The Labute approximate surface area is 169 Å². The van der Waals surface area contributed by atoms with Crippen LogP contribution in [0, 0.1) is 11.8 Å². The van der Waals surface area contributed by atoms with Crippen LogP contribution < -0.4 is 5.32 Å². The highest BCUT2D eigenvalue weighted by Crippen LogP contribution is 2.36. The maximum absolute atomic E-state index is 5.31. The molecule has 1 saturated carbocycles. The van der Waals surface area contributed by atoms with Crippen LogP contribution in [-0.2, 0) is 17.9 Å². The smallest absolute Gasteiger partial charge is 0.194 e. The van der Waals surface area contributed by atoms with Gasteiger partial charge in [-0.3, -0.25) is 0 Å². The van der Waals surface area contributed by atoms with Gasteiger partial charge in [-0.2, -0.15) is 0 Å². The summed E-state index contributed by atoms with van der Waals surface area (Å²) in [6.07, 6.45) is 5.62. The molecule has 5 heteroatoms. The SMILES string of the molecule is CCNC(=NCc1ccccc1COC)N1CC2CCCCC2C1.I. The van der Waals surface area contributed by atoms with E-state index in [9.17, 15) is 0 Å². The molecule has 1 saturated heterocycles. The number of benzene rings is 1. The second kappa shape index (κ2) is 10.4. The second-order valence-corrected chi connectivity index (χ2v) is 7.08. The number of hydrogen-bond donors (Lipinski definition) is 1. The zero-order valence-corrected chi connectivity index (χ0v) is 17.9. The Morgan fingerprint density at radius 3 is 2.40 bits per heavy atom. The fraction of sp³-hybridized carbons (Fsp3) is 0.650. The lowest BCUT2D eigenvalue weighted by molar-refractivity contribution is 0.184. The summed E-state index contributed by atoms with van der Waals surface area (Å²) in [7, 11) is 1.75. The van der Waals surface area contributed by atoms with Crippen molar-refractivity contribution in [3.05, 3.63) is 35.4 Å². The van der Waals surface area contributed by atoms with Crippen LogP contribution in [-0.4, -0.2) is 37.6 Å². The number of halogens is 1. The molecule has 3 rings (SSSR count). The molecule has 0 radical (unpaired) electrons. The van der Waals surface area contributed by atoms with Crippen LogP contribution in [0.15, 0.2) is 29.3 Å². The molecule has 0 spiro atoms. The minimum atomic E-state index is 0. The summed E-state index contributed by atoms with van der Waals surface area (Å²) in [6.45, 7) is 6.79. The normalized spacial score (nSPS) is 23.1. The van der Waals surface area contributed by atoms with Gasteiger partial charge in [-0.25, -0.2) is 4.99 Å². The molecule has 140 valence electrons. The lowest BCUT2D eigenvalue weighted by Gasteiger charge is -2.22. The van der Waals surface area contributed by atoms with Gasteiger partial charge >= 0.3 is 0 Å². The Morgan fingerprint density at radius 2 is 1.80 bits per heavy atom. The number of ether oxygens (including phenoxy) is 1. The molecule has 1 N–H and O–H groups in total. The molecule has 0 amide bonds. The van der Waals surface area contributed by atoms with Gasteiger partial charge < -0.3 is 15.0 Å². The summed E-state index contributed by atoms with van der Waals surface area (Å²) in [5.74, 6) is 2.84. The van der Waals surface area contributed by atoms with E-state index in [0.29, 0.717) is 13.2 Å². The van der Waals surface area contributed by atoms with Crippen molar-refractivity contribution < 1.29 is 4.74 Å². The van der Waals surface area contributed by atoms with E-state index in [4.69, 9.17) is 9.73 Å². The Kier molecular flexibility index (Phi) is 8.49. The highest BCUT2D eigenvalue weighted by atomic mass is 127. The van der Waals surface area contributed by atoms with Crippen molar-refractivity contribution in [2.75, 3.05) is 26.7 Å². The van der Waals surface area contributed by atoms with E-state index in [1.165, 1.54) is 49.9 Å². The third kappa shape index (κ3) is 5.33. The summed E-state index contributed by atoms with van der Waals surface area (Å²) in [5.41, 5.74) is 2.49. The van der Waals surface area contributed by atoms with Crippen LogP contribution in [0.5, 0.6) is 0 Å². The number of nitrogens with one attached hydrogen (secondary N) is 1. The molecule has 0 bridgehead atoms. The van der Waals surface area contributed by atoms with Crippen molar-refractivity contribution in [1.29, 1.82) is 0 Å². The Balaban J connectivity index is 0.00000225. The van der Waals surface area contributed by atoms with E-state index in [-0.39, 0.29) is 24.0 Å². The van der Waals surface area contributed by atoms with Gasteiger partial charge in [0.2, 0.25) is 0 Å². The fourth-order valence-electron chi connectivity index (χ4n) is 4.17. The van der Waals surface area contributed by atoms with Gasteiger partial charge in [-0.1, -0.05) is 37.1 Å². The first-order valence-corrected chi connectivity index (χ1v) is 9.40. The van der Waals surface area contributed by atoms with Crippen LogP contribution in [0.1, 0.15) is 43.7 Å². The first-order valence-electron chi connectivity index (χ1n) is 9.40. The molecule has 4 nitrogen and oxygen atoms in total. The van der Waals surface area contributed by atoms with Gasteiger partial charge in [0.25, 0.3) is 0 Å². The van der Waals surface area contributed by atoms with E-state index in [1.54, 1.807) is 7.11 Å². The number of nitrogens with zero attached hydrogens (tertiary/aromatic N) is 2. The Bertz CT molecular complexity index is 550. The average Bonchev–Trinajstić information content (AvgIpc) is 3.04. The Hall–Kier alpha value is -0.820. The topological polar surface area (TPSA) is 36.9 Å². The number of aliphatic imine (C=N–C) groups is 1. The van der Waals surface area contributed by atoms with Crippen molar-refractivity contribution in [3.8, 4) is 0 Å². The molecule has 2 fully saturated rings. The minimum Gasteiger partial charge on any atom is -0.380 e. The lowest BCUT2D eigenvalue weighted by atomic mass is 9.82. The molecule has 1 aromatic rings. The van der Waals surface area contributed by atoms with Crippen molar-refractivity contribution in [3.63, 3.8) is 0 Å². The van der Waals surface area contributed by atoms with E-state index in [1.807, 2.05) is 0 Å². The molecule has 2 aliphatic rings. The van der Waals surface area contributed by atoms with Crippen LogP contribution >= 0.6 is 24.0 Å². The van der Waals surface area contributed by atoms with Gasteiger partial charge in [0.15, 0.2) is 5.96 Å². The fourth-order valence-corrected chi connectivity index (χ4v) is 4.17. The van der Waals surface area contributed by atoms with E-state index >= 15 is 0 Å². The molecule has 2 atom stereocenters. The quantitative estimate of drug-likeness (QED) is 0.412.